The number of aryl methyl sites for hydroxylation is 2. The molecule has 0 bridgehead atoms. The second-order valence-corrected chi connectivity index (χ2v) is 5.06. The lowest BCUT2D eigenvalue weighted by atomic mass is 10.3. The van der Waals surface area contributed by atoms with E-state index < -0.39 is 5.97 Å². The van der Waals surface area contributed by atoms with E-state index in [1.54, 1.807) is 0 Å². The molecule has 18 heavy (non-hydrogen) atoms. The van der Waals surface area contributed by atoms with Gasteiger partial charge < -0.3 is 5.11 Å². The van der Waals surface area contributed by atoms with Crippen molar-refractivity contribution in [3.63, 3.8) is 0 Å². The van der Waals surface area contributed by atoms with Crippen LogP contribution in [0.1, 0.15) is 31.7 Å². The van der Waals surface area contributed by atoms with Crippen molar-refractivity contribution in [2.24, 2.45) is 0 Å². The molecule has 0 aliphatic heterocycles. The number of hydrogen-bond donors (Lipinski definition) is 1. The molecule has 0 spiro atoms. The summed E-state index contributed by atoms with van der Waals surface area (Å²) in [7, 11) is 0. The normalized spacial score (nSPS) is 11.2. The van der Waals surface area contributed by atoms with E-state index in [1.807, 2.05) is 30.4 Å². The molecule has 0 atom stereocenters. The maximum absolute atomic E-state index is 10.8. The van der Waals surface area contributed by atoms with Crippen LogP contribution in [0.4, 0.5) is 0 Å². The number of carboxylic acid groups (broad SMARTS) is 1. The average molecular weight is 318 g/mol. The van der Waals surface area contributed by atoms with E-state index in [0.29, 0.717) is 6.54 Å². The first-order chi connectivity index (χ1) is 8.49. The molecule has 0 unspecified atom stereocenters. The van der Waals surface area contributed by atoms with E-state index in [4.69, 9.17) is 5.11 Å². The third-order valence-electron chi connectivity index (χ3n) is 2.72. The van der Waals surface area contributed by atoms with Crippen LogP contribution in [0, 0.1) is 6.92 Å². The Hall–Kier alpha value is -0.880. The van der Waals surface area contributed by atoms with Gasteiger partial charge in [-0.25, -0.2) is 0 Å². The first-order valence-corrected chi connectivity index (χ1v) is 6.94. The Bertz CT molecular complexity index is 418. The Morgan fingerprint density at radius 3 is 2.67 bits per heavy atom. The lowest BCUT2D eigenvalue weighted by Gasteiger charge is -2.20. The van der Waals surface area contributed by atoms with Crippen molar-refractivity contribution < 1.29 is 9.90 Å². The van der Waals surface area contributed by atoms with Gasteiger partial charge in [-0.3, -0.25) is 14.4 Å². The minimum Gasteiger partial charge on any atom is -0.480 e. The van der Waals surface area contributed by atoms with Gasteiger partial charge in [0.15, 0.2) is 0 Å². The second-order valence-electron chi connectivity index (χ2n) is 4.27. The number of aliphatic carboxylic acids is 1. The fourth-order valence-corrected chi connectivity index (χ4v) is 2.36. The molecule has 0 saturated carbocycles. The quantitative estimate of drug-likeness (QED) is 0.838. The minimum atomic E-state index is -0.793. The fraction of sp³-hybridized carbons (Fsp3) is 0.667. The molecule has 0 amide bonds. The van der Waals surface area contributed by atoms with Crippen LogP contribution < -0.4 is 0 Å². The van der Waals surface area contributed by atoms with Gasteiger partial charge in [-0.05, 0) is 42.7 Å². The summed E-state index contributed by atoms with van der Waals surface area (Å²) in [5.41, 5.74) is 1.99. The third kappa shape index (κ3) is 3.81. The summed E-state index contributed by atoms with van der Waals surface area (Å²) < 4.78 is 2.90. The number of halogens is 1. The predicted molar refractivity (Wildman–Crippen MR) is 73.5 cm³/mol. The molecule has 0 fully saturated rings. The van der Waals surface area contributed by atoms with Crippen molar-refractivity contribution in [2.45, 2.75) is 40.3 Å². The van der Waals surface area contributed by atoms with Gasteiger partial charge in [0, 0.05) is 13.1 Å². The van der Waals surface area contributed by atoms with Crippen molar-refractivity contribution in [3.05, 3.63) is 15.9 Å². The zero-order valence-electron chi connectivity index (χ0n) is 11.1. The smallest absolute Gasteiger partial charge is 0.317 e. The largest absolute Gasteiger partial charge is 0.480 e. The van der Waals surface area contributed by atoms with E-state index in [0.717, 1.165) is 35.4 Å². The summed E-state index contributed by atoms with van der Waals surface area (Å²) >= 11 is 3.53. The lowest BCUT2D eigenvalue weighted by molar-refractivity contribution is -0.138. The molecule has 0 radical (unpaired) electrons. The number of rotatable bonds is 7. The maximum Gasteiger partial charge on any atom is 0.317 e. The van der Waals surface area contributed by atoms with Crippen molar-refractivity contribution in [2.75, 3.05) is 13.1 Å². The Morgan fingerprint density at radius 2 is 2.17 bits per heavy atom. The maximum atomic E-state index is 10.8. The highest BCUT2D eigenvalue weighted by atomic mass is 79.9. The SMILES string of the molecule is CCCN(CC(=O)O)Cc1c(Br)c(C)nn1CC. The highest BCUT2D eigenvalue weighted by Crippen LogP contribution is 2.22. The molecule has 1 heterocycles. The molecule has 1 aromatic rings. The van der Waals surface area contributed by atoms with E-state index >= 15 is 0 Å². The monoisotopic (exact) mass is 317 g/mol. The van der Waals surface area contributed by atoms with Crippen LogP contribution in [0.15, 0.2) is 4.47 Å². The van der Waals surface area contributed by atoms with Gasteiger partial charge in [-0.2, -0.15) is 5.10 Å². The van der Waals surface area contributed by atoms with Crippen molar-refractivity contribution >= 4 is 21.9 Å². The molecule has 1 rings (SSSR count). The summed E-state index contributed by atoms with van der Waals surface area (Å²) in [6, 6.07) is 0. The van der Waals surface area contributed by atoms with Gasteiger partial charge in [-0.15, -0.1) is 0 Å². The zero-order chi connectivity index (χ0) is 13.7. The molecule has 0 aromatic carbocycles. The van der Waals surface area contributed by atoms with E-state index in [-0.39, 0.29) is 6.54 Å². The van der Waals surface area contributed by atoms with Gasteiger partial charge in [0.25, 0.3) is 0 Å². The third-order valence-corrected chi connectivity index (χ3v) is 3.76. The Balaban J connectivity index is 2.88. The van der Waals surface area contributed by atoms with Crippen LogP contribution in [0.2, 0.25) is 0 Å². The number of nitrogens with zero attached hydrogens (tertiary/aromatic N) is 3. The summed E-state index contributed by atoms with van der Waals surface area (Å²) in [6.45, 7) is 8.25. The summed E-state index contributed by atoms with van der Waals surface area (Å²) in [4.78, 5) is 12.8. The molecular weight excluding hydrogens is 298 g/mol. The highest BCUT2D eigenvalue weighted by molar-refractivity contribution is 9.10. The number of carboxylic acids is 1. The molecule has 0 saturated heterocycles. The standard InChI is InChI=1S/C12H20BrN3O2/c1-4-6-15(8-11(17)18)7-10-12(13)9(3)14-16(10)5-2/h4-8H2,1-3H3,(H,17,18). The summed E-state index contributed by atoms with van der Waals surface area (Å²) in [5.74, 6) is -0.793. The van der Waals surface area contributed by atoms with Crippen LogP contribution in [0.3, 0.4) is 0 Å². The molecule has 1 aromatic heterocycles. The topological polar surface area (TPSA) is 58.4 Å². The van der Waals surface area contributed by atoms with Gasteiger partial charge in [0.2, 0.25) is 0 Å². The zero-order valence-corrected chi connectivity index (χ0v) is 12.7. The van der Waals surface area contributed by atoms with Crippen LogP contribution in [0.25, 0.3) is 0 Å². The van der Waals surface area contributed by atoms with Gasteiger partial charge in [0.05, 0.1) is 22.4 Å². The van der Waals surface area contributed by atoms with Gasteiger partial charge in [-0.1, -0.05) is 6.92 Å². The Morgan fingerprint density at radius 1 is 1.50 bits per heavy atom. The predicted octanol–water partition coefficient (Wildman–Crippen LogP) is 2.27. The molecule has 102 valence electrons. The van der Waals surface area contributed by atoms with Gasteiger partial charge >= 0.3 is 5.97 Å². The van der Waals surface area contributed by atoms with Crippen LogP contribution in [0.5, 0.6) is 0 Å². The van der Waals surface area contributed by atoms with Crippen LogP contribution in [-0.2, 0) is 17.9 Å². The van der Waals surface area contributed by atoms with Crippen molar-refractivity contribution in [1.29, 1.82) is 0 Å². The molecule has 6 heteroatoms. The second kappa shape index (κ2) is 6.89. The van der Waals surface area contributed by atoms with E-state index in [1.165, 1.54) is 0 Å². The molecule has 5 nitrogen and oxygen atoms in total. The molecule has 0 aliphatic carbocycles. The summed E-state index contributed by atoms with van der Waals surface area (Å²) in [6.07, 6.45) is 0.935. The first-order valence-electron chi connectivity index (χ1n) is 6.15. The number of carbonyl (C=O) groups is 1. The first kappa shape index (κ1) is 15.2. The van der Waals surface area contributed by atoms with Crippen molar-refractivity contribution in [1.82, 2.24) is 14.7 Å². The van der Waals surface area contributed by atoms with Crippen molar-refractivity contribution in [3.8, 4) is 0 Å². The van der Waals surface area contributed by atoms with E-state index in [9.17, 15) is 4.79 Å². The minimum absolute atomic E-state index is 0.0637. The van der Waals surface area contributed by atoms with Crippen LogP contribution in [-0.4, -0.2) is 38.8 Å². The lowest BCUT2D eigenvalue weighted by Crippen LogP contribution is -2.31. The molecule has 1 N–H and O–H groups in total. The number of hydrogen-bond acceptors (Lipinski definition) is 3. The molecule has 0 aliphatic rings. The average Bonchev–Trinajstić information content (AvgIpc) is 2.56. The van der Waals surface area contributed by atoms with Crippen LogP contribution >= 0.6 is 15.9 Å². The Kier molecular flexibility index (Phi) is 5.81. The van der Waals surface area contributed by atoms with Gasteiger partial charge in [0.1, 0.15) is 0 Å². The van der Waals surface area contributed by atoms with E-state index in [2.05, 4.69) is 21.0 Å². The molecular formula is C12H20BrN3O2. The number of aromatic nitrogens is 2. The Labute approximate surface area is 116 Å². The summed E-state index contributed by atoms with van der Waals surface area (Å²) in [5, 5.41) is 13.3. The fourth-order valence-electron chi connectivity index (χ4n) is 1.95. The highest BCUT2D eigenvalue weighted by Gasteiger charge is 2.17.